The molecule has 0 radical (unpaired) electrons. The van der Waals surface area contributed by atoms with Gasteiger partial charge in [-0.3, -0.25) is 9.59 Å². The van der Waals surface area contributed by atoms with Gasteiger partial charge in [0.25, 0.3) is 11.8 Å². The number of benzene rings is 3. The number of carbonyl (C=O) groups excluding carboxylic acids is 3. The number of methoxy groups -OCH3 is 1. The number of rotatable bonds is 9. The van der Waals surface area contributed by atoms with Gasteiger partial charge in [-0.05, 0) is 73.5 Å². The summed E-state index contributed by atoms with van der Waals surface area (Å²) < 4.78 is 15.7. The van der Waals surface area contributed by atoms with Crippen LogP contribution < -0.4 is 20.1 Å². The van der Waals surface area contributed by atoms with E-state index >= 15 is 0 Å². The van der Waals surface area contributed by atoms with Crippen LogP contribution in [0.1, 0.15) is 21.5 Å². The van der Waals surface area contributed by atoms with Crippen molar-refractivity contribution in [2.24, 2.45) is 0 Å². The van der Waals surface area contributed by atoms with Crippen LogP contribution in [-0.2, 0) is 14.3 Å². The summed E-state index contributed by atoms with van der Waals surface area (Å²) in [6, 6.07) is 18.7. The maximum Gasteiger partial charge on any atom is 0.338 e. The largest absolute Gasteiger partial charge is 0.497 e. The number of hydrogen-bond donors (Lipinski definition) is 2. The summed E-state index contributed by atoms with van der Waals surface area (Å²) in [4.78, 5) is 36.4. The Hall–Kier alpha value is -4.33. The summed E-state index contributed by atoms with van der Waals surface area (Å²) >= 11 is 0. The molecule has 0 aromatic heterocycles. The molecule has 3 aromatic rings. The highest BCUT2D eigenvalue weighted by atomic mass is 16.5. The molecule has 2 N–H and O–H groups in total. The Morgan fingerprint density at radius 3 is 2.06 bits per heavy atom. The number of aryl methyl sites for hydroxylation is 2. The first-order chi connectivity index (χ1) is 16.3. The second-order valence-corrected chi connectivity index (χ2v) is 7.59. The number of carbonyl (C=O) groups is 3. The molecule has 8 nitrogen and oxygen atoms in total. The van der Waals surface area contributed by atoms with Gasteiger partial charge in [-0.15, -0.1) is 0 Å². The van der Waals surface area contributed by atoms with Crippen molar-refractivity contribution in [2.75, 3.05) is 31.0 Å². The van der Waals surface area contributed by atoms with Gasteiger partial charge in [-0.1, -0.05) is 12.1 Å². The molecule has 0 saturated heterocycles. The summed E-state index contributed by atoms with van der Waals surface area (Å²) in [5.74, 6) is -0.376. The third kappa shape index (κ3) is 7.37. The molecule has 0 spiro atoms. The lowest BCUT2D eigenvalue weighted by molar-refractivity contribution is -0.119. The second kappa shape index (κ2) is 11.5. The maximum absolute atomic E-state index is 12.2. The van der Waals surface area contributed by atoms with Crippen molar-refractivity contribution in [1.29, 1.82) is 0 Å². The smallest absolute Gasteiger partial charge is 0.338 e. The number of anilines is 2. The van der Waals surface area contributed by atoms with E-state index in [1.54, 1.807) is 43.5 Å². The predicted octanol–water partition coefficient (Wildman–Crippen LogP) is 4.13. The molecule has 0 fully saturated rings. The average Bonchev–Trinajstić information content (AvgIpc) is 2.81. The van der Waals surface area contributed by atoms with E-state index in [1.165, 1.54) is 12.1 Å². The summed E-state index contributed by atoms with van der Waals surface area (Å²) in [5.41, 5.74) is 3.54. The predicted molar refractivity (Wildman–Crippen MR) is 128 cm³/mol. The zero-order valence-electron chi connectivity index (χ0n) is 19.2. The lowest BCUT2D eigenvalue weighted by atomic mass is 10.1. The number of hydrogen-bond acceptors (Lipinski definition) is 6. The number of ether oxygens (including phenoxy) is 3. The third-order valence-corrected chi connectivity index (χ3v) is 4.65. The van der Waals surface area contributed by atoms with E-state index in [1.807, 2.05) is 32.0 Å². The molecule has 0 heterocycles. The van der Waals surface area contributed by atoms with Crippen LogP contribution >= 0.6 is 0 Å². The Bertz CT molecular complexity index is 1150. The van der Waals surface area contributed by atoms with Gasteiger partial charge < -0.3 is 24.8 Å². The monoisotopic (exact) mass is 462 g/mol. The molecule has 176 valence electrons. The molecule has 0 aliphatic carbocycles. The van der Waals surface area contributed by atoms with Gasteiger partial charge in [0.15, 0.2) is 13.2 Å². The summed E-state index contributed by atoms with van der Waals surface area (Å²) in [5, 5.41) is 5.42. The SMILES string of the molecule is COc1cccc(NC(=O)COc2ccc(C(=O)OCC(=O)Nc3cc(C)cc(C)c3)cc2)c1. The Kier molecular flexibility index (Phi) is 8.23. The fourth-order valence-electron chi connectivity index (χ4n) is 3.19. The Labute approximate surface area is 197 Å². The Balaban J connectivity index is 1.44. The lowest BCUT2D eigenvalue weighted by Gasteiger charge is -2.10. The van der Waals surface area contributed by atoms with Crippen LogP contribution in [0.25, 0.3) is 0 Å². The topological polar surface area (TPSA) is 103 Å². The first kappa shape index (κ1) is 24.3. The first-order valence-corrected chi connectivity index (χ1v) is 10.5. The van der Waals surface area contributed by atoms with Crippen molar-refractivity contribution >= 4 is 29.2 Å². The molecular formula is C26H26N2O6. The quantitative estimate of drug-likeness (QED) is 0.464. The van der Waals surface area contributed by atoms with Crippen molar-refractivity contribution < 1.29 is 28.6 Å². The van der Waals surface area contributed by atoms with Gasteiger partial charge in [-0.25, -0.2) is 4.79 Å². The van der Waals surface area contributed by atoms with E-state index < -0.39 is 18.5 Å². The number of nitrogens with one attached hydrogen (secondary N) is 2. The van der Waals surface area contributed by atoms with Gasteiger partial charge in [-0.2, -0.15) is 0 Å². The van der Waals surface area contributed by atoms with E-state index in [9.17, 15) is 14.4 Å². The fraction of sp³-hybridized carbons (Fsp3) is 0.192. The fourth-order valence-corrected chi connectivity index (χ4v) is 3.19. The molecule has 0 aliphatic heterocycles. The highest BCUT2D eigenvalue weighted by molar-refractivity contribution is 5.95. The van der Waals surface area contributed by atoms with Gasteiger partial charge in [0.1, 0.15) is 11.5 Å². The van der Waals surface area contributed by atoms with E-state index in [0.29, 0.717) is 22.9 Å². The van der Waals surface area contributed by atoms with Crippen molar-refractivity contribution in [1.82, 2.24) is 0 Å². The molecule has 8 heteroatoms. The minimum absolute atomic E-state index is 0.209. The van der Waals surface area contributed by atoms with Crippen LogP contribution in [0.15, 0.2) is 66.7 Å². The summed E-state index contributed by atoms with van der Waals surface area (Å²) in [7, 11) is 1.55. The van der Waals surface area contributed by atoms with E-state index in [-0.39, 0.29) is 18.1 Å². The summed E-state index contributed by atoms with van der Waals surface area (Å²) in [6.07, 6.45) is 0. The Morgan fingerprint density at radius 2 is 1.38 bits per heavy atom. The number of amides is 2. The molecule has 2 amide bonds. The molecule has 0 saturated carbocycles. The van der Waals surface area contributed by atoms with E-state index in [4.69, 9.17) is 14.2 Å². The first-order valence-electron chi connectivity index (χ1n) is 10.5. The van der Waals surface area contributed by atoms with Crippen LogP contribution in [0.5, 0.6) is 11.5 Å². The van der Waals surface area contributed by atoms with Crippen LogP contribution in [-0.4, -0.2) is 38.1 Å². The van der Waals surface area contributed by atoms with Crippen LogP contribution in [0.3, 0.4) is 0 Å². The van der Waals surface area contributed by atoms with Crippen LogP contribution in [0.4, 0.5) is 11.4 Å². The standard InChI is InChI=1S/C26H26N2O6/c1-17-11-18(2)13-21(12-17)28-25(30)16-34-26(31)19-7-9-22(10-8-19)33-15-24(29)27-20-5-4-6-23(14-20)32-3/h4-14H,15-16H2,1-3H3,(H,27,29)(H,28,30). The minimum Gasteiger partial charge on any atom is -0.497 e. The highest BCUT2D eigenvalue weighted by Gasteiger charge is 2.12. The van der Waals surface area contributed by atoms with Crippen molar-refractivity contribution in [3.63, 3.8) is 0 Å². The molecule has 0 bridgehead atoms. The van der Waals surface area contributed by atoms with Crippen molar-refractivity contribution in [3.8, 4) is 11.5 Å². The van der Waals surface area contributed by atoms with Crippen LogP contribution in [0, 0.1) is 13.8 Å². The normalized spacial score (nSPS) is 10.2. The molecular weight excluding hydrogens is 436 g/mol. The average molecular weight is 463 g/mol. The zero-order chi connectivity index (χ0) is 24.5. The molecule has 3 aromatic carbocycles. The van der Waals surface area contributed by atoms with Gasteiger partial charge in [0.05, 0.1) is 12.7 Å². The van der Waals surface area contributed by atoms with Gasteiger partial charge in [0, 0.05) is 17.4 Å². The highest BCUT2D eigenvalue weighted by Crippen LogP contribution is 2.17. The van der Waals surface area contributed by atoms with E-state index in [0.717, 1.165) is 11.1 Å². The molecule has 0 aliphatic rings. The molecule has 34 heavy (non-hydrogen) atoms. The lowest BCUT2D eigenvalue weighted by Crippen LogP contribution is -2.21. The third-order valence-electron chi connectivity index (χ3n) is 4.65. The molecule has 3 rings (SSSR count). The maximum atomic E-state index is 12.2. The molecule has 0 unspecified atom stereocenters. The Morgan fingerprint density at radius 1 is 0.735 bits per heavy atom. The second-order valence-electron chi connectivity index (χ2n) is 7.59. The van der Waals surface area contributed by atoms with Crippen LogP contribution in [0.2, 0.25) is 0 Å². The van der Waals surface area contributed by atoms with Crippen molar-refractivity contribution in [2.45, 2.75) is 13.8 Å². The van der Waals surface area contributed by atoms with Gasteiger partial charge >= 0.3 is 5.97 Å². The van der Waals surface area contributed by atoms with E-state index in [2.05, 4.69) is 10.6 Å². The zero-order valence-corrected chi connectivity index (χ0v) is 19.2. The minimum atomic E-state index is -0.641. The van der Waals surface area contributed by atoms with Crippen molar-refractivity contribution in [3.05, 3.63) is 83.4 Å². The summed E-state index contributed by atoms with van der Waals surface area (Å²) in [6.45, 7) is 3.25. The number of esters is 1. The van der Waals surface area contributed by atoms with Gasteiger partial charge in [0.2, 0.25) is 0 Å². The molecule has 0 atom stereocenters.